The maximum atomic E-state index is 12.5. The number of benzene rings is 1. The van der Waals surface area contributed by atoms with E-state index < -0.39 is 0 Å². The number of hydrogen-bond acceptors (Lipinski definition) is 7. The van der Waals surface area contributed by atoms with Crippen LogP contribution in [-0.2, 0) is 0 Å². The third-order valence-electron chi connectivity index (χ3n) is 4.34. The first-order chi connectivity index (χ1) is 13.6. The van der Waals surface area contributed by atoms with Gasteiger partial charge in [-0.3, -0.25) is 4.79 Å². The molecule has 0 aliphatic rings. The Labute approximate surface area is 166 Å². The standard InChI is InChI=1S/C21H17N3O3S/c1-13-7-8-15(11-14(13)2)16(25)12-28-21-22-19(17-5-3-9-26-17)20(23-24-21)18-6-4-10-27-18/h3-11H,12H2,1-2H3. The van der Waals surface area contributed by atoms with E-state index in [9.17, 15) is 4.79 Å². The lowest BCUT2D eigenvalue weighted by Crippen LogP contribution is -2.05. The normalized spacial score (nSPS) is 10.9. The number of Topliss-reactive ketones (excluding diaryl/α,β-unsaturated/α-hetero) is 1. The molecule has 6 nitrogen and oxygen atoms in total. The Morgan fingerprint density at radius 1 is 0.929 bits per heavy atom. The highest BCUT2D eigenvalue weighted by molar-refractivity contribution is 7.99. The van der Waals surface area contributed by atoms with Gasteiger partial charge in [-0.1, -0.05) is 23.9 Å². The summed E-state index contributed by atoms with van der Waals surface area (Å²) in [7, 11) is 0. The molecule has 0 radical (unpaired) electrons. The van der Waals surface area contributed by atoms with Crippen LogP contribution in [0.15, 0.2) is 69.0 Å². The molecule has 0 N–H and O–H groups in total. The molecule has 3 heterocycles. The minimum absolute atomic E-state index is 0.0198. The van der Waals surface area contributed by atoms with Crippen molar-refractivity contribution in [1.29, 1.82) is 0 Å². The van der Waals surface area contributed by atoms with Crippen LogP contribution in [0, 0.1) is 13.8 Å². The number of carbonyl (C=O) groups excluding carboxylic acids is 1. The third-order valence-corrected chi connectivity index (χ3v) is 5.18. The smallest absolute Gasteiger partial charge is 0.210 e. The first kappa shape index (κ1) is 18.2. The predicted molar refractivity (Wildman–Crippen MR) is 106 cm³/mol. The second kappa shape index (κ2) is 7.82. The zero-order chi connectivity index (χ0) is 19.5. The molecule has 0 aliphatic carbocycles. The number of carbonyl (C=O) groups is 1. The maximum Gasteiger partial charge on any atom is 0.210 e. The summed E-state index contributed by atoms with van der Waals surface area (Å²) in [6.45, 7) is 4.02. The SMILES string of the molecule is Cc1ccc(C(=O)CSc2nnc(-c3ccco3)c(-c3ccco3)n2)cc1C. The van der Waals surface area contributed by atoms with E-state index in [2.05, 4.69) is 15.2 Å². The Kier molecular flexibility index (Phi) is 5.08. The molecule has 0 amide bonds. The van der Waals surface area contributed by atoms with Gasteiger partial charge in [0.2, 0.25) is 5.16 Å². The zero-order valence-corrected chi connectivity index (χ0v) is 16.2. The average Bonchev–Trinajstić information content (AvgIpc) is 3.42. The second-order valence-electron chi connectivity index (χ2n) is 6.26. The van der Waals surface area contributed by atoms with Crippen LogP contribution in [0.25, 0.3) is 22.9 Å². The van der Waals surface area contributed by atoms with Crippen molar-refractivity contribution in [3.63, 3.8) is 0 Å². The van der Waals surface area contributed by atoms with Gasteiger partial charge >= 0.3 is 0 Å². The van der Waals surface area contributed by atoms with Crippen molar-refractivity contribution >= 4 is 17.5 Å². The maximum absolute atomic E-state index is 12.5. The van der Waals surface area contributed by atoms with Gasteiger partial charge in [-0.05, 0) is 55.3 Å². The summed E-state index contributed by atoms with van der Waals surface area (Å²) in [5, 5.41) is 8.81. The predicted octanol–water partition coefficient (Wildman–Crippen LogP) is 4.98. The van der Waals surface area contributed by atoms with E-state index in [1.54, 1.807) is 36.8 Å². The van der Waals surface area contributed by atoms with Gasteiger partial charge < -0.3 is 8.83 Å². The topological polar surface area (TPSA) is 82.0 Å². The van der Waals surface area contributed by atoms with Crippen molar-refractivity contribution in [3.05, 3.63) is 71.7 Å². The summed E-state index contributed by atoms with van der Waals surface area (Å²) in [6.07, 6.45) is 3.13. The Morgan fingerprint density at radius 2 is 1.64 bits per heavy atom. The van der Waals surface area contributed by atoms with Crippen LogP contribution < -0.4 is 0 Å². The molecule has 0 saturated heterocycles. The fraction of sp³-hybridized carbons (Fsp3) is 0.143. The minimum atomic E-state index is 0.0198. The third kappa shape index (κ3) is 3.75. The molecule has 0 aliphatic heterocycles. The molecule has 0 bridgehead atoms. The molecule has 0 unspecified atom stereocenters. The molecule has 140 valence electrons. The lowest BCUT2D eigenvalue weighted by molar-refractivity contribution is 0.102. The highest BCUT2D eigenvalue weighted by atomic mass is 32.2. The Morgan fingerprint density at radius 3 is 2.29 bits per heavy atom. The number of aromatic nitrogens is 3. The molecular weight excluding hydrogens is 374 g/mol. The van der Waals surface area contributed by atoms with Crippen molar-refractivity contribution in [3.8, 4) is 22.9 Å². The van der Waals surface area contributed by atoms with Crippen molar-refractivity contribution in [2.24, 2.45) is 0 Å². The lowest BCUT2D eigenvalue weighted by Gasteiger charge is -2.06. The molecule has 4 rings (SSSR count). The lowest BCUT2D eigenvalue weighted by atomic mass is 10.0. The van der Waals surface area contributed by atoms with E-state index in [-0.39, 0.29) is 11.5 Å². The summed E-state index contributed by atoms with van der Waals surface area (Å²) in [5.41, 5.74) is 3.95. The van der Waals surface area contributed by atoms with Gasteiger partial charge in [0.15, 0.2) is 23.0 Å². The molecule has 0 saturated carbocycles. The molecule has 28 heavy (non-hydrogen) atoms. The molecule has 1 aromatic carbocycles. The van der Waals surface area contributed by atoms with E-state index in [4.69, 9.17) is 8.83 Å². The van der Waals surface area contributed by atoms with Gasteiger partial charge in [0.25, 0.3) is 0 Å². The van der Waals surface area contributed by atoms with Crippen LogP contribution in [0.3, 0.4) is 0 Å². The van der Waals surface area contributed by atoms with E-state index in [1.165, 1.54) is 11.8 Å². The highest BCUT2D eigenvalue weighted by Crippen LogP contribution is 2.30. The van der Waals surface area contributed by atoms with E-state index >= 15 is 0 Å². The van der Waals surface area contributed by atoms with Gasteiger partial charge in [0.1, 0.15) is 5.69 Å². The van der Waals surface area contributed by atoms with Crippen molar-refractivity contribution in [1.82, 2.24) is 15.2 Å². The van der Waals surface area contributed by atoms with Crippen molar-refractivity contribution in [2.45, 2.75) is 19.0 Å². The Hall–Kier alpha value is -3.19. The summed E-state index contributed by atoms with van der Waals surface area (Å²) in [5.74, 6) is 1.35. The number of thioether (sulfide) groups is 1. The Balaban J connectivity index is 1.58. The summed E-state index contributed by atoms with van der Waals surface area (Å²) in [6, 6.07) is 12.8. The first-order valence-corrected chi connectivity index (χ1v) is 9.66. The first-order valence-electron chi connectivity index (χ1n) is 8.67. The number of aryl methyl sites for hydroxylation is 2. The summed E-state index contributed by atoms with van der Waals surface area (Å²) in [4.78, 5) is 17.1. The van der Waals surface area contributed by atoms with Gasteiger partial charge in [0, 0.05) is 5.56 Å². The second-order valence-corrected chi connectivity index (χ2v) is 7.20. The molecule has 4 aromatic rings. The van der Waals surface area contributed by atoms with Crippen LogP contribution in [-0.4, -0.2) is 26.7 Å². The zero-order valence-electron chi connectivity index (χ0n) is 15.4. The fourth-order valence-corrected chi connectivity index (χ4v) is 3.35. The van der Waals surface area contributed by atoms with Crippen molar-refractivity contribution in [2.75, 3.05) is 5.75 Å². The van der Waals surface area contributed by atoms with Crippen LogP contribution in [0.2, 0.25) is 0 Å². The average molecular weight is 391 g/mol. The monoisotopic (exact) mass is 391 g/mol. The van der Waals surface area contributed by atoms with Gasteiger partial charge in [-0.2, -0.15) is 0 Å². The fourth-order valence-electron chi connectivity index (χ4n) is 2.66. The number of ketones is 1. The van der Waals surface area contributed by atoms with E-state index in [1.807, 2.05) is 32.0 Å². The number of rotatable bonds is 6. The largest absolute Gasteiger partial charge is 0.463 e. The quantitative estimate of drug-likeness (QED) is 0.338. The molecule has 0 fully saturated rings. The van der Waals surface area contributed by atoms with Crippen LogP contribution in [0.4, 0.5) is 0 Å². The van der Waals surface area contributed by atoms with Gasteiger partial charge in [-0.15, -0.1) is 10.2 Å². The Bertz CT molecular complexity index is 1110. The summed E-state index contributed by atoms with van der Waals surface area (Å²) >= 11 is 1.24. The minimum Gasteiger partial charge on any atom is -0.463 e. The van der Waals surface area contributed by atoms with Gasteiger partial charge in [0.05, 0.1) is 18.3 Å². The van der Waals surface area contributed by atoms with Crippen LogP contribution in [0.5, 0.6) is 0 Å². The molecule has 7 heteroatoms. The van der Waals surface area contributed by atoms with E-state index in [0.717, 1.165) is 11.1 Å². The van der Waals surface area contributed by atoms with Crippen LogP contribution >= 0.6 is 11.8 Å². The number of nitrogens with zero attached hydrogens (tertiary/aromatic N) is 3. The van der Waals surface area contributed by atoms with Gasteiger partial charge in [-0.25, -0.2) is 4.98 Å². The number of hydrogen-bond donors (Lipinski definition) is 0. The molecule has 3 aromatic heterocycles. The van der Waals surface area contributed by atoms with E-state index in [0.29, 0.717) is 33.6 Å². The number of furan rings is 2. The highest BCUT2D eigenvalue weighted by Gasteiger charge is 2.18. The molecule has 0 atom stereocenters. The van der Waals surface area contributed by atoms with Crippen molar-refractivity contribution < 1.29 is 13.6 Å². The summed E-state index contributed by atoms with van der Waals surface area (Å²) < 4.78 is 10.9. The molecule has 0 spiro atoms. The molecular formula is C21H17N3O3S. The van der Waals surface area contributed by atoms with Crippen LogP contribution in [0.1, 0.15) is 21.5 Å².